The van der Waals surface area contributed by atoms with E-state index in [1.165, 1.54) is 10.9 Å². The normalized spacial score (nSPS) is 11.9. The first kappa shape index (κ1) is 13.1. The molecular weight excluding hydrogens is 278 g/mol. The topological polar surface area (TPSA) is 81.8 Å². The van der Waals surface area contributed by atoms with E-state index >= 15 is 0 Å². The Bertz CT molecular complexity index is 619. The fourth-order valence-electron chi connectivity index (χ4n) is 1.37. The van der Waals surface area contributed by atoms with Gasteiger partial charge in [-0.05, 0) is 0 Å². The molecule has 0 radical (unpaired) electrons. The van der Waals surface area contributed by atoms with Crippen LogP contribution >= 0.6 is 11.6 Å². The van der Waals surface area contributed by atoms with Gasteiger partial charge >= 0.3 is 0 Å². The van der Waals surface area contributed by atoms with E-state index in [0.717, 1.165) is 0 Å². The molecule has 18 heavy (non-hydrogen) atoms. The van der Waals surface area contributed by atoms with Crippen LogP contribution in [-0.2, 0) is 23.6 Å². The lowest BCUT2D eigenvalue weighted by molar-refractivity contribution is 0.569. The number of sulfonamides is 1. The minimum Gasteiger partial charge on any atom is -0.336 e. The highest BCUT2D eigenvalue weighted by molar-refractivity contribution is 7.89. The lowest BCUT2D eigenvalue weighted by atomic mass is 10.6. The zero-order chi connectivity index (χ0) is 13.2. The molecule has 0 aromatic carbocycles. The fraction of sp³-hybridized carbons (Fsp3) is 0.333. The predicted octanol–water partition coefficient (Wildman–Crippen LogP) is 0.248. The molecule has 0 unspecified atom stereocenters. The van der Waals surface area contributed by atoms with Crippen LogP contribution in [0.25, 0.3) is 0 Å². The highest BCUT2D eigenvalue weighted by atomic mass is 35.5. The summed E-state index contributed by atoms with van der Waals surface area (Å²) in [5.41, 5.74) is 0. The van der Waals surface area contributed by atoms with Crippen molar-refractivity contribution in [1.29, 1.82) is 0 Å². The van der Waals surface area contributed by atoms with Crippen molar-refractivity contribution >= 4 is 21.6 Å². The standard InChI is InChI=1S/C9H12ClN5O2S/c1-14-7-12-9(8(14)10)18(16,17)13-3-5-15-4-2-11-6-15/h2,4,6-7,13H,3,5H2,1H3. The number of nitrogens with one attached hydrogen (secondary N) is 1. The van der Waals surface area contributed by atoms with Crippen LogP contribution in [0.2, 0.25) is 5.15 Å². The molecule has 0 saturated carbocycles. The number of nitrogens with zero attached hydrogens (tertiary/aromatic N) is 4. The van der Waals surface area contributed by atoms with Gasteiger partial charge in [0.15, 0.2) is 0 Å². The lowest BCUT2D eigenvalue weighted by Crippen LogP contribution is -2.27. The molecule has 0 spiro atoms. The molecule has 0 fully saturated rings. The molecule has 0 aliphatic rings. The molecule has 2 heterocycles. The molecule has 0 aliphatic carbocycles. The van der Waals surface area contributed by atoms with Gasteiger partial charge in [0.25, 0.3) is 10.0 Å². The Morgan fingerprint density at radius 3 is 2.78 bits per heavy atom. The largest absolute Gasteiger partial charge is 0.336 e. The third-order valence-electron chi connectivity index (χ3n) is 2.31. The average molecular weight is 290 g/mol. The highest BCUT2D eigenvalue weighted by Crippen LogP contribution is 2.17. The van der Waals surface area contributed by atoms with Gasteiger partial charge in [-0.15, -0.1) is 0 Å². The molecule has 0 bridgehead atoms. The van der Waals surface area contributed by atoms with Crippen LogP contribution in [0.4, 0.5) is 0 Å². The molecule has 2 rings (SSSR count). The van der Waals surface area contributed by atoms with Gasteiger partial charge in [0, 0.05) is 32.5 Å². The molecule has 9 heteroatoms. The van der Waals surface area contributed by atoms with Crippen molar-refractivity contribution in [3.05, 3.63) is 30.2 Å². The smallest absolute Gasteiger partial charge is 0.261 e. The first-order valence-corrected chi connectivity index (χ1v) is 6.99. The molecule has 2 aromatic heterocycles. The van der Waals surface area contributed by atoms with Crippen LogP contribution < -0.4 is 4.72 Å². The maximum atomic E-state index is 11.9. The van der Waals surface area contributed by atoms with Crippen LogP contribution in [-0.4, -0.2) is 34.1 Å². The lowest BCUT2D eigenvalue weighted by Gasteiger charge is -2.05. The van der Waals surface area contributed by atoms with Crippen LogP contribution in [0.3, 0.4) is 0 Å². The SMILES string of the molecule is Cn1cnc(S(=O)(=O)NCCn2ccnc2)c1Cl. The Hall–Kier alpha value is -1.38. The number of imidazole rings is 2. The average Bonchev–Trinajstić information content (AvgIpc) is 2.91. The summed E-state index contributed by atoms with van der Waals surface area (Å²) in [6.07, 6.45) is 6.35. The summed E-state index contributed by atoms with van der Waals surface area (Å²) in [6.45, 7) is 0.731. The first-order chi connectivity index (χ1) is 8.50. The number of halogens is 1. The van der Waals surface area contributed by atoms with Crippen LogP contribution in [0.5, 0.6) is 0 Å². The monoisotopic (exact) mass is 289 g/mol. The Kier molecular flexibility index (Phi) is 3.69. The Morgan fingerprint density at radius 1 is 1.44 bits per heavy atom. The van der Waals surface area contributed by atoms with Gasteiger partial charge in [-0.25, -0.2) is 23.1 Å². The summed E-state index contributed by atoms with van der Waals surface area (Å²) in [5, 5.41) is -0.0672. The van der Waals surface area contributed by atoms with E-state index in [1.807, 2.05) is 0 Å². The van der Waals surface area contributed by atoms with Crippen molar-refractivity contribution in [3.63, 3.8) is 0 Å². The molecule has 2 aromatic rings. The van der Waals surface area contributed by atoms with E-state index in [4.69, 9.17) is 11.6 Å². The number of aromatic nitrogens is 4. The molecule has 0 saturated heterocycles. The van der Waals surface area contributed by atoms with E-state index in [-0.39, 0.29) is 16.7 Å². The van der Waals surface area contributed by atoms with Gasteiger partial charge in [0.2, 0.25) is 5.03 Å². The van der Waals surface area contributed by atoms with Crippen molar-refractivity contribution in [3.8, 4) is 0 Å². The molecular formula is C9H12ClN5O2S. The second kappa shape index (κ2) is 5.09. The van der Waals surface area contributed by atoms with Crippen molar-refractivity contribution < 1.29 is 8.42 Å². The number of hydrogen-bond acceptors (Lipinski definition) is 4. The third-order valence-corrected chi connectivity index (χ3v) is 4.26. The molecule has 0 aliphatic heterocycles. The van der Waals surface area contributed by atoms with Crippen LogP contribution in [0, 0.1) is 0 Å². The quantitative estimate of drug-likeness (QED) is 0.855. The zero-order valence-corrected chi connectivity index (χ0v) is 11.2. The minimum absolute atomic E-state index is 0.0881. The Balaban J connectivity index is 2.02. The van der Waals surface area contributed by atoms with E-state index in [9.17, 15) is 8.42 Å². The van der Waals surface area contributed by atoms with E-state index in [2.05, 4.69) is 14.7 Å². The summed E-state index contributed by atoms with van der Waals surface area (Å²) in [5.74, 6) is 0. The molecule has 0 amide bonds. The third kappa shape index (κ3) is 2.71. The summed E-state index contributed by atoms with van der Waals surface area (Å²) < 4.78 is 29.4. The number of aryl methyl sites for hydroxylation is 1. The highest BCUT2D eigenvalue weighted by Gasteiger charge is 2.21. The van der Waals surface area contributed by atoms with Gasteiger partial charge in [0.05, 0.1) is 12.7 Å². The Morgan fingerprint density at radius 2 is 2.22 bits per heavy atom. The van der Waals surface area contributed by atoms with Crippen LogP contribution in [0.1, 0.15) is 0 Å². The second-order valence-corrected chi connectivity index (χ2v) is 5.69. The Labute approximate surface area is 109 Å². The molecule has 0 atom stereocenters. The van der Waals surface area contributed by atoms with Gasteiger partial charge in [-0.3, -0.25) is 0 Å². The molecule has 1 N–H and O–H groups in total. The summed E-state index contributed by atoms with van der Waals surface area (Å²) >= 11 is 5.84. The predicted molar refractivity (Wildman–Crippen MR) is 65.6 cm³/mol. The van der Waals surface area contributed by atoms with Crippen molar-refractivity contribution in [1.82, 2.24) is 23.8 Å². The maximum Gasteiger partial charge on any atom is 0.261 e. The fourth-order valence-corrected chi connectivity index (χ4v) is 2.82. The maximum absolute atomic E-state index is 11.9. The van der Waals surface area contributed by atoms with E-state index in [0.29, 0.717) is 6.54 Å². The molecule has 7 nitrogen and oxygen atoms in total. The van der Waals surface area contributed by atoms with E-state index < -0.39 is 10.0 Å². The minimum atomic E-state index is -3.67. The number of hydrogen-bond donors (Lipinski definition) is 1. The van der Waals surface area contributed by atoms with Crippen LogP contribution in [0.15, 0.2) is 30.1 Å². The van der Waals surface area contributed by atoms with Crippen molar-refractivity contribution in [2.45, 2.75) is 11.6 Å². The zero-order valence-electron chi connectivity index (χ0n) is 9.62. The van der Waals surface area contributed by atoms with Gasteiger partial charge in [0.1, 0.15) is 5.15 Å². The number of rotatable bonds is 5. The summed E-state index contributed by atoms with van der Waals surface area (Å²) in [6, 6.07) is 0. The summed E-state index contributed by atoms with van der Waals surface area (Å²) in [7, 11) is -2.05. The van der Waals surface area contributed by atoms with Gasteiger partial charge in [-0.1, -0.05) is 11.6 Å². The van der Waals surface area contributed by atoms with E-state index in [1.54, 1.807) is 30.3 Å². The molecule has 98 valence electrons. The van der Waals surface area contributed by atoms with Gasteiger partial charge in [-0.2, -0.15) is 0 Å². The summed E-state index contributed by atoms with van der Waals surface area (Å²) in [4.78, 5) is 7.63. The first-order valence-electron chi connectivity index (χ1n) is 5.13. The van der Waals surface area contributed by atoms with Crippen molar-refractivity contribution in [2.24, 2.45) is 7.05 Å². The second-order valence-electron chi connectivity index (χ2n) is 3.65. The van der Waals surface area contributed by atoms with Crippen molar-refractivity contribution in [2.75, 3.05) is 6.54 Å². The van der Waals surface area contributed by atoms with Gasteiger partial charge < -0.3 is 9.13 Å².